The van der Waals surface area contributed by atoms with Gasteiger partial charge in [-0.05, 0) is 134 Å². The summed E-state index contributed by atoms with van der Waals surface area (Å²) in [5, 5.41) is 2.30. The number of benzene rings is 7. The SMILES string of the molecule is CCC1(CC)c2cc(C(C)(C)C)ccc2-c2cc(N(c3ccc(-c4cccc5c4oc4ccccc45)cc3)c3cc(C)c4c(c3)C(C)(C)c3ccccc3-4)c(C(C)(C)C)cc21. The molecule has 8 aromatic rings. The molecule has 0 saturated carbocycles. The number of anilines is 3. The summed E-state index contributed by atoms with van der Waals surface area (Å²) < 4.78 is 6.53. The highest BCUT2D eigenvalue weighted by atomic mass is 16.3. The van der Waals surface area contributed by atoms with E-state index >= 15 is 0 Å². The number of aryl methyl sites for hydroxylation is 1. The summed E-state index contributed by atoms with van der Waals surface area (Å²) in [7, 11) is 0. The lowest BCUT2D eigenvalue weighted by atomic mass is 9.71. The summed E-state index contributed by atoms with van der Waals surface area (Å²) in [6.45, 7) is 26.1. The zero-order valence-corrected chi connectivity index (χ0v) is 38.0. The first-order valence-corrected chi connectivity index (χ1v) is 22.5. The lowest BCUT2D eigenvalue weighted by molar-refractivity contribution is 0.485. The Bertz CT molecular complexity index is 3040. The zero-order chi connectivity index (χ0) is 42.8. The van der Waals surface area contributed by atoms with Gasteiger partial charge in [-0.25, -0.2) is 0 Å². The van der Waals surface area contributed by atoms with Crippen molar-refractivity contribution in [3.63, 3.8) is 0 Å². The van der Waals surface area contributed by atoms with E-state index < -0.39 is 0 Å². The van der Waals surface area contributed by atoms with Crippen LogP contribution in [-0.2, 0) is 21.7 Å². The Kier molecular flexibility index (Phi) is 8.74. The molecule has 306 valence electrons. The minimum absolute atomic E-state index is 0.0471. The standard InChI is InChI=1S/C59H59NO/c1-12-59(13-2)48-32-38(56(4,5)6)27-30-42(48)46-34-52(50(35-49(46)59)57(7,8)9)60(40-31-36(3)54-45-20-14-16-23-47(45)58(10,11)51(54)33-40)39-28-25-37(26-29-39)41-21-18-22-44-43-19-15-17-24-53(43)61-55(41)44/h14-35H,12-13H2,1-11H3. The molecule has 0 fully saturated rings. The Morgan fingerprint density at radius 1 is 0.541 bits per heavy atom. The highest BCUT2D eigenvalue weighted by Crippen LogP contribution is 2.58. The van der Waals surface area contributed by atoms with Crippen LogP contribution >= 0.6 is 0 Å². The molecule has 2 heteroatoms. The summed E-state index contributed by atoms with van der Waals surface area (Å²) in [5.41, 5.74) is 22.7. The molecule has 0 bridgehead atoms. The van der Waals surface area contributed by atoms with Gasteiger partial charge in [-0.1, -0.05) is 166 Å². The maximum absolute atomic E-state index is 6.53. The van der Waals surface area contributed by atoms with Crippen molar-refractivity contribution in [2.45, 2.75) is 111 Å². The minimum atomic E-state index is -0.140. The van der Waals surface area contributed by atoms with Crippen molar-refractivity contribution in [3.05, 3.63) is 172 Å². The molecule has 10 rings (SSSR count). The van der Waals surface area contributed by atoms with E-state index in [0.29, 0.717) is 0 Å². The Hall–Kier alpha value is -5.86. The van der Waals surface area contributed by atoms with Crippen LogP contribution in [0.5, 0.6) is 0 Å². The molecule has 1 heterocycles. The number of hydrogen-bond acceptors (Lipinski definition) is 2. The fourth-order valence-electron chi connectivity index (χ4n) is 11.1. The molecule has 2 nitrogen and oxygen atoms in total. The lowest BCUT2D eigenvalue weighted by Crippen LogP contribution is -2.26. The first-order chi connectivity index (χ1) is 29.1. The molecule has 1 aromatic heterocycles. The molecule has 0 N–H and O–H groups in total. The highest BCUT2D eigenvalue weighted by molar-refractivity contribution is 6.09. The first-order valence-electron chi connectivity index (χ1n) is 22.5. The van der Waals surface area contributed by atoms with Gasteiger partial charge in [0.15, 0.2) is 0 Å². The normalized spacial score (nSPS) is 14.9. The number of fused-ring (bicyclic) bond motifs is 9. The van der Waals surface area contributed by atoms with E-state index in [1.165, 1.54) is 72.6 Å². The molecule has 0 saturated heterocycles. The quantitative estimate of drug-likeness (QED) is 0.167. The smallest absolute Gasteiger partial charge is 0.143 e. The number of hydrogen-bond donors (Lipinski definition) is 0. The van der Waals surface area contributed by atoms with Gasteiger partial charge in [0.25, 0.3) is 0 Å². The van der Waals surface area contributed by atoms with Gasteiger partial charge in [-0.2, -0.15) is 0 Å². The van der Waals surface area contributed by atoms with E-state index in [-0.39, 0.29) is 21.7 Å². The van der Waals surface area contributed by atoms with Gasteiger partial charge < -0.3 is 9.32 Å². The third-order valence-corrected chi connectivity index (χ3v) is 14.6. The van der Waals surface area contributed by atoms with E-state index in [4.69, 9.17) is 4.42 Å². The Labute approximate surface area is 363 Å². The lowest BCUT2D eigenvalue weighted by Gasteiger charge is -2.36. The minimum Gasteiger partial charge on any atom is -0.455 e. The van der Waals surface area contributed by atoms with Crippen LogP contribution in [0.1, 0.15) is 121 Å². The molecule has 0 amide bonds. The predicted molar refractivity (Wildman–Crippen MR) is 260 cm³/mol. The highest BCUT2D eigenvalue weighted by Gasteiger charge is 2.43. The topological polar surface area (TPSA) is 16.4 Å². The van der Waals surface area contributed by atoms with Crippen molar-refractivity contribution in [3.8, 4) is 33.4 Å². The third-order valence-electron chi connectivity index (χ3n) is 14.6. The maximum Gasteiger partial charge on any atom is 0.143 e. The van der Waals surface area contributed by atoms with Gasteiger partial charge in [0, 0.05) is 38.5 Å². The van der Waals surface area contributed by atoms with Crippen molar-refractivity contribution in [2.75, 3.05) is 4.90 Å². The monoisotopic (exact) mass is 797 g/mol. The van der Waals surface area contributed by atoms with Crippen LogP contribution in [-0.4, -0.2) is 0 Å². The third kappa shape index (κ3) is 5.81. The molecule has 0 spiro atoms. The largest absolute Gasteiger partial charge is 0.455 e. The molecular formula is C59H59NO. The Balaban J connectivity index is 1.22. The van der Waals surface area contributed by atoms with Gasteiger partial charge in [-0.15, -0.1) is 0 Å². The molecule has 0 radical (unpaired) electrons. The predicted octanol–water partition coefficient (Wildman–Crippen LogP) is 17.0. The molecule has 0 unspecified atom stereocenters. The van der Waals surface area contributed by atoms with E-state index in [1.54, 1.807) is 0 Å². The number of furan rings is 1. The van der Waals surface area contributed by atoms with Crippen molar-refractivity contribution >= 4 is 39.0 Å². The van der Waals surface area contributed by atoms with Gasteiger partial charge in [0.2, 0.25) is 0 Å². The van der Waals surface area contributed by atoms with Crippen LogP contribution < -0.4 is 4.90 Å². The van der Waals surface area contributed by atoms with Crippen molar-refractivity contribution in [2.24, 2.45) is 0 Å². The van der Waals surface area contributed by atoms with Gasteiger partial charge in [0.1, 0.15) is 11.2 Å². The number of para-hydroxylation sites is 2. The van der Waals surface area contributed by atoms with Crippen molar-refractivity contribution in [1.82, 2.24) is 0 Å². The van der Waals surface area contributed by atoms with E-state index in [0.717, 1.165) is 51.6 Å². The second kappa shape index (κ2) is 13.6. The fraction of sp³-hybridized carbons (Fsp3) is 0.288. The molecule has 0 atom stereocenters. The average Bonchev–Trinajstić information content (AvgIpc) is 3.83. The van der Waals surface area contributed by atoms with Gasteiger partial charge >= 0.3 is 0 Å². The summed E-state index contributed by atoms with van der Waals surface area (Å²) in [6, 6.07) is 50.6. The fourth-order valence-corrected chi connectivity index (χ4v) is 11.1. The molecule has 7 aromatic carbocycles. The van der Waals surface area contributed by atoms with Gasteiger partial charge in [0.05, 0.1) is 5.69 Å². The number of rotatable bonds is 6. The second-order valence-electron chi connectivity index (χ2n) is 20.5. The summed E-state index contributed by atoms with van der Waals surface area (Å²) >= 11 is 0. The van der Waals surface area contributed by atoms with E-state index in [1.807, 2.05) is 6.07 Å². The summed E-state index contributed by atoms with van der Waals surface area (Å²) in [6.07, 6.45) is 2.12. The van der Waals surface area contributed by atoms with Gasteiger partial charge in [-0.3, -0.25) is 0 Å². The van der Waals surface area contributed by atoms with Crippen LogP contribution in [0.25, 0.3) is 55.3 Å². The molecule has 61 heavy (non-hydrogen) atoms. The van der Waals surface area contributed by atoms with Crippen LogP contribution in [0.2, 0.25) is 0 Å². The first kappa shape index (κ1) is 39.3. The molecule has 0 aliphatic heterocycles. The van der Waals surface area contributed by atoms with Crippen LogP contribution in [0.15, 0.2) is 138 Å². The zero-order valence-electron chi connectivity index (χ0n) is 38.0. The van der Waals surface area contributed by atoms with Crippen LogP contribution in [0.4, 0.5) is 17.1 Å². The summed E-state index contributed by atoms with van der Waals surface area (Å²) in [5.74, 6) is 0. The Morgan fingerprint density at radius 2 is 1.21 bits per heavy atom. The summed E-state index contributed by atoms with van der Waals surface area (Å²) in [4.78, 5) is 2.57. The van der Waals surface area contributed by atoms with Crippen LogP contribution in [0, 0.1) is 6.92 Å². The molecule has 2 aliphatic rings. The van der Waals surface area contributed by atoms with Crippen molar-refractivity contribution in [1.29, 1.82) is 0 Å². The molecular weight excluding hydrogens is 739 g/mol. The average molecular weight is 798 g/mol. The van der Waals surface area contributed by atoms with Crippen LogP contribution in [0.3, 0.4) is 0 Å². The van der Waals surface area contributed by atoms with E-state index in [2.05, 4.69) is 208 Å². The van der Waals surface area contributed by atoms with E-state index in [9.17, 15) is 0 Å². The molecule has 2 aliphatic carbocycles. The second-order valence-corrected chi connectivity index (χ2v) is 20.5. The maximum atomic E-state index is 6.53. The van der Waals surface area contributed by atoms with Crippen molar-refractivity contribution < 1.29 is 4.42 Å². The number of nitrogens with zero attached hydrogens (tertiary/aromatic N) is 1. The Morgan fingerprint density at radius 3 is 1.93 bits per heavy atom.